The fourth-order valence-electron chi connectivity index (χ4n) is 1.96. The molecule has 2 aromatic rings. The van der Waals surface area contributed by atoms with Gasteiger partial charge in [0.05, 0.1) is 4.92 Å². The molecule has 0 unspecified atom stereocenters. The average molecular weight is 373 g/mol. The second-order valence-corrected chi connectivity index (χ2v) is 5.35. The largest absolute Gasteiger partial charge is 0.478 e. The molecule has 0 fully saturated rings. The minimum Gasteiger partial charge on any atom is -0.478 e. The van der Waals surface area contributed by atoms with Crippen LogP contribution < -0.4 is 15.6 Å². The van der Waals surface area contributed by atoms with Gasteiger partial charge in [0, 0.05) is 18.2 Å². The lowest BCUT2D eigenvalue weighted by atomic mass is 10.2. The minimum atomic E-state index is -1.05. The van der Waals surface area contributed by atoms with Gasteiger partial charge in [-0.15, -0.1) is 0 Å². The number of nitro groups is 1. The number of carbonyl (C=O) groups is 2. The maximum absolute atomic E-state index is 13.5. The van der Waals surface area contributed by atoms with E-state index >= 15 is 0 Å². The normalized spacial score (nSPS) is 11.6. The van der Waals surface area contributed by atoms with Crippen LogP contribution in [-0.2, 0) is 9.59 Å². The van der Waals surface area contributed by atoms with Crippen LogP contribution in [-0.4, -0.2) is 22.8 Å². The van der Waals surface area contributed by atoms with Crippen LogP contribution in [0.15, 0.2) is 54.6 Å². The summed E-state index contributed by atoms with van der Waals surface area (Å²) in [6.07, 6.45) is 1.40. The number of ether oxygens (including phenoxy) is 1. The van der Waals surface area contributed by atoms with E-state index in [4.69, 9.17) is 4.74 Å². The van der Waals surface area contributed by atoms with E-state index in [0.717, 1.165) is 6.08 Å². The SMILES string of the molecule is C[C@@H](Oc1ccccc1F)C(=O)NNC(=O)/C=C/c1cccc([N+](=O)[O-])c1. The molecule has 2 N–H and O–H groups in total. The molecule has 9 heteroatoms. The number of amides is 2. The van der Waals surface area contributed by atoms with Crippen molar-refractivity contribution in [2.75, 3.05) is 0 Å². The molecule has 0 heterocycles. The number of nitro benzene ring substituents is 1. The lowest BCUT2D eigenvalue weighted by molar-refractivity contribution is -0.384. The van der Waals surface area contributed by atoms with Crippen LogP contribution in [0.4, 0.5) is 10.1 Å². The molecule has 2 aromatic carbocycles. The number of halogens is 1. The number of rotatable bonds is 6. The van der Waals surface area contributed by atoms with E-state index < -0.39 is 28.7 Å². The van der Waals surface area contributed by atoms with E-state index in [1.54, 1.807) is 12.1 Å². The molecule has 0 saturated carbocycles. The predicted octanol–water partition coefficient (Wildman–Crippen LogP) is 2.36. The standard InChI is InChI=1S/C18H16FN3O5/c1-12(27-16-8-3-2-7-15(16)19)18(24)21-20-17(23)10-9-13-5-4-6-14(11-13)22(25)26/h2-12H,1H3,(H,20,23)(H,21,24)/b10-9+/t12-/m1/s1. The van der Waals surface area contributed by atoms with E-state index in [-0.39, 0.29) is 11.4 Å². The zero-order valence-corrected chi connectivity index (χ0v) is 14.2. The van der Waals surface area contributed by atoms with Crippen molar-refractivity contribution in [1.29, 1.82) is 0 Å². The number of hydrogen-bond acceptors (Lipinski definition) is 5. The van der Waals surface area contributed by atoms with Crippen LogP contribution in [0, 0.1) is 15.9 Å². The van der Waals surface area contributed by atoms with Gasteiger partial charge in [0.15, 0.2) is 17.7 Å². The van der Waals surface area contributed by atoms with Crippen LogP contribution >= 0.6 is 0 Å². The molecule has 27 heavy (non-hydrogen) atoms. The second-order valence-electron chi connectivity index (χ2n) is 5.35. The molecule has 0 spiro atoms. The Bertz CT molecular complexity index is 885. The lowest BCUT2D eigenvalue weighted by Gasteiger charge is -2.15. The van der Waals surface area contributed by atoms with Crippen molar-refractivity contribution in [2.45, 2.75) is 13.0 Å². The number of hydrazine groups is 1. The molecule has 0 saturated heterocycles. The van der Waals surface area contributed by atoms with E-state index in [9.17, 15) is 24.1 Å². The summed E-state index contributed by atoms with van der Waals surface area (Å²) in [5.74, 6) is -2.04. The summed E-state index contributed by atoms with van der Waals surface area (Å²) in [6, 6.07) is 11.3. The first-order chi connectivity index (χ1) is 12.9. The van der Waals surface area contributed by atoms with E-state index in [2.05, 4.69) is 10.9 Å². The van der Waals surface area contributed by atoms with Gasteiger partial charge >= 0.3 is 0 Å². The number of nitrogens with one attached hydrogen (secondary N) is 2. The first kappa shape index (κ1) is 19.6. The third-order valence-electron chi connectivity index (χ3n) is 3.33. The van der Waals surface area contributed by atoms with Crippen molar-refractivity contribution in [3.63, 3.8) is 0 Å². The van der Waals surface area contributed by atoms with Crippen molar-refractivity contribution >= 4 is 23.6 Å². The van der Waals surface area contributed by atoms with Crippen LogP contribution in [0.5, 0.6) is 5.75 Å². The molecule has 0 aliphatic rings. The van der Waals surface area contributed by atoms with Crippen molar-refractivity contribution in [2.24, 2.45) is 0 Å². The summed E-state index contributed by atoms with van der Waals surface area (Å²) in [7, 11) is 0. The molecule has 0 aliphatic carbocycles. The fourth-order valence-corrected chi connectivity index (χ4v) is 1.96. The Morgan fingerprint density at radius 1 is 1.19 bits per heavy atom. The molecule has 0 bridgehead atoms. The number of non-ortho nitro benzene ring substituents is 1. The molecule has 2 amide bonds. The number of carbonyl (C=O) groups excluding carboxylic acids is 2. The van der Waals surface area contributed by atoms with Gasteiger partial charge in [0.2, 0.25) is 0 Å². The predicted molar refractivity (Wildman–Crippen MR) is 94.9 cm³/mol. The minimum absolute atomic E-state index is 0.0861. The van der Waals surface area contributed by atoms with Crippen LogP contribution in [0.25, 0.3) is 6.08 Å². The Kier molecular flexibility index (Phi) is 6.59. The number of hydrogen-bond donors (Lipinski definition) is 2. The molecule has 140 valence electrons. The smallest absolute Gasteiger partial charge is 0.279 e. The number of para-hydroxylation sites is 1. The Labute approximate surface area is 153 Å². The molecule has 0 radical (unpaired) electrons. The maximum Gasteiger partial charge on any atom is 0.279 e. The van der Waals surface area contributed by atoms with Gasteiger partial charge in [0.25, 0.3) is 17.5 Å². The summed E-state index contributed by atoms with van der Waals surface area (Å²) >= 11 is 0. The highest BCUT2D eigenvalue weighted by molar-refractivity contribution is 5.93. The highest BCUT2D eigenvalue weighted by atomic mass is 19.1. The summed E-state index contributed by atoms with van der Waals surface area (Å²) < 4.78 is 18.7. The van der Waals surface area contributed by atoms with Gasteiger partial charge in [-0.2, -0.15) is 0 Å². The van der Waals surface area contributed by atoms with Gasteiger partial charge in [0.1, 0.15) is 0 Å². The summed E-state index contributed by atoms with van der Waals surface area (Å²) in [5.41, 5.74) is 4.62. The summed E-state index contributed by atoms with van der Waals surface area (Å²) in [4.78, 5) is 33.8. The van der Waals surface area contributed by atoms with Gasteiger partial charge in [-0.25, -0.2) is 4.39 Å². The van der Waals surface area contributed by atoms with Crippen molar-refractivity contribution in [3.05, 3.63) is 76.1 Å². The van der Waals surface area contributed by atoms with Crippen molar-refractivity contribution < 1.29 is 23.6 Å². The van der Waals surface area contributed by atoms with Gasteiger partial charge in [-0.3, -0.25) is 30.6 Å². The summed E-state index contributed by atoms with van der Waals surface area (Å²) in [5, 5.41) is 10.7. The molecule has 2 rings (SSSR count). The zero-order chi connectivity index (χ0) is 19.8. The summed E-state index contributed by atoms with van der Waals surface area (Å²) in [6.45, 7) is 1.40. The molecule has 0 aromatic heterocycles. The molecule has 0 aliphatic heterocycles. The topological polar surface area (TPSA) is 111 Å². The van der Waals surface area contributed by atoms with Gasteiger partial charge in [-0.05, 0) is 30.7 Å². The third kappa shape index (κ3) is 5.92. The first-order valence-electron chi connectivity index (χ1n) is 7.80. The van der Waals surface area contributed by atoms with Gasteiger partial charge < -0.3 is 4.74 Å². The average Bonchev–Trinajstić information content (AvgIpc) is 2.66. The first-order valence-corrected chi connectivity index (χ1v) is 7.80. The zero-order valence-electron chi connectivity index (χ0n) is 14.2. The van der Waals surface area contributed by atoms with Crippen molar-refractivity contribution in [1.82, 2.24) is 10.9 Å². The molecule has 1 atom stereocenters. The van der Waals surface area contributed by atoms with Crippen LogP contribution in [0.1, 0.15) is 12.5 Å². The Morgan fingerprint density at radius 2 is 1.93 bits per heavy atom. The fraction of sp³-hybridized carbons (Fsp3) is 0.111. The Hall–Kier alpha value is -3.75. The quantitative estimate of drug-likeness (QED) is 0.459. The highest BCUT2D eigenvalue weighted by Crippen LogP contribution is 2.17. The highest BCUT2D eigenvalue weighted by Gasteiger charge is 2.16. The maximum atomic E-state index is 13.5. The third-order valence-corrected chi connectivity index (χ3v) is 3.33. The van der Waals surface area contributed by atoms with E-state index in [1.807, 2.05) is 0 Å². The van der Waals surface area contributed by atoms with Crippen LogP contribution in [0.3, 0.4) is 0 Å². The monoisotopic (exact) mass is 373 g/mol. The van der Waals surface area contributed by atoms with E-state index in [1.165, 1.54) is 49.4 Å². The van der Waals surface area contributed by atoms with Crippen molar-refractivity contribution in [3.8, 4) is 5.75 Å². The Balaban J connectivity index is 1.85. The Morgan fingerprint density at radius 3 is 2.63 bits per heavy atom. The molecule has 8 nitrogen and oxygen atoms in total. The lowest BCUT2D eigenvalue weighted by Crippen LogP contribution is -2.46. The number of nitrogens with zero attached hydrogens (tertiary/aromatic N) is 1. The number of benzene rings is 2. The van der Waals surface area contributed by atoms with Gasteiger partial charge in [-0.1, -0.05) is 24.3 Å². The molecular weight excluding hydrogens is 357 g/mol. The van der Waals surface area contributed by atoms with E-state index in [0.29, 0.717) is 5.56 Å². The second kappa shape index (κ2) is 9.09. The van der Waals surface area contributed by atoms with Crippen LogP contribution in [0.2, 0.25) is 0 Å². The molecular formula is C18H16FN3O5.